The predicted octanol–water partition coefficient (Wildman–Crippen LogP) is 4.10. The van der Waals surface area contributed by atoms with Gasteiger partial charge < -0.3 is 0 Å². The number of nitrogens with zero attached hydrogens (tertiary/aromatic N) is 1. The molecule has 0 aromatic heterocycles. The van der Waals surface area contributed by atoms with E-state index in [4.69, 9.17) is 0 Å². The van der Waals surface area contributed by atoms with Crippen LogP contribution in [0, 0.1) is 5.82 Å². The number of benzene rings is 1. The van der Waals surface area contributed by atoms with Crippen LogP contribution < -0.4 is 0 Å². The van der Waals surface area contributed by atoms with Crippen LogP contribution in [-0.2, 0) is 10.0 Å². The maximum Gasteiger partial charge on any atom is 0.263 e. The molecule has 0 aliphatic carbocycles. The summed E-state index contributed by atoms with van der Waals surface area (Å²) in [6.07, 6.45) is -0.619. The van der Waals surface area contributed by atoms with Gasteiger partial charge in [-0.3, -0.25) is 0 Å². The number of sulfonamides is 1. The molecule has 1 fully saturated rings. The number of hydrogen-bond donors (Lipinski definition) is 0. The molecule has 3 nitrogen and oxygen atoms in total. The summed E-state index contributed by atoms with van der Waals surface area (Å²) < 4.78 is 66.1. The Kier molecular flexibility index (Phi) is 4.43. The van der Waals surface area contributed by atoms with E-state index in [1.165, 1.54) is 26.8 Å². The van der Waals surface area contributed by atoms with Crippen LogP contribution in [0.1, 0.15) is 38.8 Å². The van der Waals surface area contributed by atoms with Crippen molar-refractivity contribution in [3.05, 3.63) is 34.1 Å². The highest BCUT2D eigenvalue weighted by atomic mass is 79.9. The molecule has 0 unspecified atom stereocenters. The maximum atomic E-state index is 13.9. The van der Waals surface area contributed by atoms with E-state index < -0.39 is 45.5 Å². The Morgan fingerprint density at radius 2 is 1.91 bits per heavy atom. The van der Waals surface area contributed by atoms with E-state index in [2.05, 4.69) is 15.9 Å². The van der Waals surface area contributed by atoms with Gasteiger partial charge in [-0.05, 0) is 38.5 Å². The number of hydrogen-bond acceptors (Lipinski definition) is 2. The highest BCUT2D eigenvalue weighted by Crippen LogP contribution is 2.46. The smallest absolute Gasteiger partial charge is 0.212 e. The molecule has 1 aliphatic heterocycles. The summed E-state index contributed by atoms with van der Waals surface area (Å²) in [6.45, 7) is 3.54. The molecule has 0 N–H and O–H groups in total. The Balaban J connectivity index is 2.53. The minimum absolute atomic E-state index is 0.282. The van der Waals surface area contributed by atoms with Crippen molar-refractivity contribution >= 4 is 26.0 Å². The van der Waals surface area contributed by atoms with Crippen LogP contribution in [0.15, 0.2) is 22.7 Å². The molecule has 1 atom stereocenters. The van der Waals surface area contributed by atoms with Crippen molar-refractivity contribution in [2.24, 2.45) is 0 Å². The average Bonchev–Trinajstić information content (AvgIpc) is 2.64. The molecule has 22 heavy (non-hydrogen) atoms. The van der Waals surface area contributed by atoms with Crippen molar-refractivity contribution < 1.29 is 21.6 Å². The van der Waals surface area contributed by atoms with Gasteiger partial charge in [0.2, 0.25) is 10.0 Å². The van der Waals surface area contributed by atoms with E-state index in [0.29, 0.717) is 5.56 Å². The molecule has 1 aromatic carbocycles. The quantitative estimate of drug-likeness (QED) is 0.750. The van der Waals surface area contributed by atoms with E-state index in [1.54, 1.807) is 0 Å². The van der Waals surface area contributed by atoms with Crippen LogP contribution in [-0.4, -0.2) is 29.9 Å². The molecule has 1 heterocycles. The highest BCUT2D eigenvalue weighted by Gasteiger charge is 2.53. The Bertz CT molecular complexity index is 686. The van der Waals surface area contributed by atoms with Crippen LogP contribution in [0.5, 0.6) is 0 Å². The topological polar surface area (TPSA) is 37.4 Å². The molecule has 0 saturated carbocycles. The second kappa shape index (κ2) is 5.49. The molecule has 0 spiro atoms. The molecule has 1 aliphatic rings. The van der Waals surface area contributed by atoms with Gasteiger partial charge in [-0.15, -0.1) is 0 Å². The van der Waals surface area contributed by atoms with Gasteiger partial charge in [0.25, 0.3) is 5.92 Å². The zero-order valence-electron chi connectivity index (χ0n) is 12.4. The fourth-order valence-electron chi connectivity index (χ4n) is 2.43. The van der Waals surface area contributed by atoms with Crippen LogP contribution in [0.25, 0.3) is 0 Å². The van der Waals surface area contributed by atoms with Crippen molar-refractivity contribution in [3.63, 3.8) is 0 Å². The van der Waals surface area contributed by atoms with E-state index in [-0.39, 0.29) is 4.47 Å². The SMILES string of the molecule is CC(C)(C)S(=O)(=O)N1CC(F)(F)C[C@H]1c1ccc(F)cc1Br. The van der Waals surface area contributed by atoms with Gasteiger partial charge in [0.1, 0.15) is 5.82 Å². The van der Waals surface area contributed by atoms with Gasteiger partial charge in [-0.25, -0.2) is 21.6 Å². The molecule has 8 heteroatoms. The largest absolute Gasteiger partial charge is 0.263 e. The molecule has 2 rings (SSSR count). The molecule has 0 bridgehead atoms. The van der Waals surface area contributed by atoms with E-state index in [0.717, 1.165) is 16.4 Å². The first kappa shape index (κ1) is 17.7. The summed E-state index contributed by atoms with van der Waals surface area (Å²) in [7, 11) is -3.93. The highest BCUT2D eigenvalue weighted by molar-refractivity contribution is 9.10. The van der Waals surface area contributed by atoms with E-state index in [1.807, 2.05) is 0 Å². The van der Waals surface area contributed by atoms with Gasteiger partial charge in [0, 0.05) is 10.9 Å². The maximum absolute atomic E-state index is 13.9. The average molecular weight is 400 g/mol. The molecule has 1 aromatic rings. The third-order valence-corrected chi connectivity index (χ3v) is 6.87. The second-order valence-corrected chi connectivity index (χ2v) is 9.90. The summed E-state index contributed by atoms with van der Waals surface area (Å²) in [5, 5.41) is 0. The lowest BCUT2D eigenvalue weighted by molar-refractivity contribution is 0.0170. The summed E-state index contributed by atoms with van der Waals surface area (Å²) >= 11 is 3.13. The van der Waals surface area contributed by atoms with Crippen molar-refractivity contribution in [1.29, 1.82) is 0 Å². The molecule has 124 valence electrons. The van der Waals surface area contributed by atoms with Gasteiger partial charge >= 0.3 is 0 Å². The zero-order valence-corrected chi connectivity index (χ0v) is 14.8. The van der Waals surface area contributed by atoms with Crippen molar-refractivity contribution in [2.75, 3.05) is 6.54 Å². The first-order valence-corrected chi connectivity index (χ1v) is 8.93. The summed E-state index contributed by atoms with van der Waals surface area (Å²) in [4.78, 5) is 0. The van der Waals surface area contributed by atoms with Gasteiger partial charge in [-0.2, -0.15) is 4.31 Å². The molecule has 0 amide bonds. The van der Waals surface area contributed by atoms with Gasteiger partial charge in [0.15, 0.2) is 0 Å². The monoisotopic (exact) mass is 399 g/mol. The molecule has 1 saturated heterocycles. The van der Waals surface area contributed by atoms with Crippen LogP contribution in [0.2, 0.25) is 0 Å². The molecule has 0 radical (unpaired) electrons. The fourth-order valence-corrected chi connectivity index (χ4v) is 4.63. The lowest BCUT2D eigenvalue weighted by atomic mass is 10.0. The number of alkyl halides is 2. The summed E-state index contributed by atoms with van der Waals surface area (Å²) in [5.74, 6) is -3.64. The molecular formula is C14H17BrF3NO2S. The van der Waals surface area contributed by atoms with Crippen LogP contribution in [0.3, 0.4) is 0 Å². The minimum atomic E-state index is -3.93. The van der Waals surface area contributed by atoms with E-state index >= 15 is 0 Å². The fraction of sp³-hybridized carbons (Fsp3) is 0.571. The summed E-state index contributed by atoms with van der Waals surface area (Å²) in [5.41, 5.74) is 0.339. The van der Waals surface area contributed by atoms with E-state index in [9.17, 15) is 21.6 Å². The Morgan fingerprint density at radius 1 is 1.32 bits per heavy atom. The Hall–Kier alpha value is -0.600. The number of rotatable bonds is 2. The lowest BCUT2D eigenvalue weighted by Crippen LogP contribution is -2.43. The lowest BCUT2D eigenvalue weighted by Gasteiger charge is -2.31. The van der Waals surface area contributed by atoms with Crippen LogP contribution >= 0.6 is 15.9 Å². The first-order chi connectivity index (χ1) is 9.85. The standard InChI is InChI=1S/C14H17BrF3NO2S/c1-13(2,3)22(20,21)19-8-14(17,18)7-12(19)10-5-4-9(16)6-11(10)15/h4-6,12H,7-8H2,1-3H3/t12-/m0/s1. The van der Waals surface area contributed by atoms with Crippen molar-refractivity contribution in [3.8, 4) is 0 Å². The number of halogens is 4. The van der Waals surface area contributed by atoms with Gasteiger partial charge in [0.05, 0.1) is 17.3 Å². The molecular weight excluding hydrogens is 383 g/mol. The second-order valence-electron chi connectivity index (χ2n) is 6.40. The zero-order chi connectivity index (χ0) is 16.9. The third-order valence-electron chi connectivity index (χ3n) is 3.63. The normalized spacial score (nSPS) is 23.0. The van der Waals surface area contributed by atoms with Crippen molar-refractivity contribution in [1.82, 2.24) is 4.31 Å². The Labute approximate surface area is 136 Å². The predicted molar refractivity (Wildman–Crippen MR) is 81.8 cm³/mol. The van der Waals surface area contributed by atoms with Gasteiger partial charge in [-0.1, -0.05) is 22.0 Å². The first-order valence-electron chi connectivity index (χ1n) is 6.69. The Morgan fingerprint density at radius 3 is 2.41 bits per heavy atom. The summed E-state index contributed by atoms with van der Waals surface area (Å²) in [6, 6.07) is 2.61. The minimum Gasteiger partial charge on any atom is -0.212 e. The van der Waals surface area contributed by atoms with Crippen LogP contribution in [0.4, 0.5) is 13.2 Å². The third kappa shape index (κ3) is 3.19. The van der Waals surface area contributed by atoms with Crippen molar-refractivity contribution in [2.45, 2.75) is 43.9 Å².